The molecule has 2 aromatic rings. The van der Waals surface area contributed by atoms with Crippen LogP contribution in [0.25, 0.3) is 0 Å². The van der Waals surface area contributed by atoms with Crippen molar-refractivity contribution in [2.24, 2.45) is 0 Å². The molecule has 1 aliphatic heterocycles. The van der Waals surface area contributed by atoms with Crippen molar-refractivity contribution in [3.8, 4) is 0 Å². The number of hydrogen-bond donors (Lipinski definition) is 2. The monoisotopic (exact) mass is 381 g/mol. The molecule has 7 heteroatoms. The number of ether oxygens (including phenoxy) is 1. The number of anilines is 3. The fourth-order valence-corrected chi connectivity index (χ4v) is 3.13. The van der Waals surface area contributed by atoms with Crippen LogP contribution in [-0.2, 0) is 14.3 Å². The lowest BCUT2D eigenvalue weighted by Gasteiger charge is -2.28. The van der Waals surface area contributed by atoms with Crippen molar-refractivity contribution in [3.05, 3.63) is 54.1 Å². The first-order valence-electron chi connectivity index (χ1n) is 9.22. The van der Waals surface area contributed by atoms with Crippen LogP contribution < -0.4 is 15.5 Å². The zero-order chi connectivity index (χ0) is 19.9. The molecule has 2 N–H and O–H groups in total. The SMILES string of the molecule is COC(=O)c1cccc(NC(=O)C(=O)Nc2ccc(N3CCCCC3)cc2)c1. The highest BCUT2D eigenvalue weighted by molar-refractivity contribution is 6.43. The van der Waals surface area contributed by atoms with Crippen LogP contribution in [0.4, 0.5) is 17.1 Å². The Labute approximate surface area is 163 Å². The molecule has 0 radical (unpaired) electrons. The third kappa shape index (κ3) is 4.88. The number of methoxy groups -OCH3 is 1. The predicted octanol–water partition coefficient (Wildman–Crippen LogP) is 3.04. The van der Waals surface area contributed by atoms with Gasteiger partial charge in [0.05, 0.1) is 12.7 Å². The summed E-state index contributed by atoms with van der Waals surface area (Å²) in [5.74, 6) is -2.12. The molecule has 2 amide bonds. The van der Waals surface area contributed by atoms with Gasteiger partial charge in [-0.1, -0.05) is 6.07 Å². The summed E-state index contributed by atoms with van der Waals surface area (Å²) in [6.45, 7) is 2.08. The second-order valence-electron chi connectivity index (χ2n) is 6.58. The molecule has 0 unspecified atom stereocenters. The lowest BCUT2D eigenvalue weighted by atomic mass is 10.1. The average Bonchev–Trinajstić information content (AvgIpc) is 2.74. The number of carbonyl (C=O) groups is 3. The molecule has 2 aromatic carbocycles. The Kier molecular flexibility index (Phi) is 6.26. The molecule has 0 spiro atoms. The van der Waals surface area contributed by atoms with Crippen molar-refractivity contribution in [2.45, 2.75) is 19.3 Å². The van der Waals surface area contributed by atoms with Crippen LogP contribution in [-0.4, -0.2) is 38.0 Å². The van der Waals surface area contributed by atoms with Crippen molar-refractivity contribution in [1.29, 1.82) is 0 Å². The van der Waals surface area contributed by atoms with Crippen molar-refractivity contribution >= 4 is 34.8 Å². The molecule has 0 saturated carbocycles. The Bertz CT molecular complexity index is 858. The maximum atomic E-state index is 12.2. The predicted molar refractivity (Wildman–Crippen MR) is 108 cm³/mol. The number of nitrogens with one attached hydrogen (secondary N) is 2. The number of piperidine rings is 1. The Balaban J connectivity index is 1.58. The lowest BCUT2D eigenvalue weighted by Crippen LogP contribution is -2.30. The normalized spacial score (nSPS) is 13.5. The Morgan fingerprint density at radius 1 is 0.857 bits per heavy atom. The molecular weight excluding hydrogens is 358 g/mol. The Hall–Kier alpha value is -3.35. The Morgan fingerprint density at radius 3 is 2.14 bits per heavy atom. The van der Waals surface area contributed by atoms with Crippen LogP contribution in [0.5, 0.6) is 0 Å². The molecule has 0 atom stereocenters. The second kappa shape index (κ2) is 9.03. The molecule has 146 valence electrons. The minimum Gasteiger partial charge on any atom is -0.465 e. The molecule has 1 saturated heterocycles. The van der Waals surface area contributed by atoms with E-state index < -0.39 is 17.8 Å². The largest absolute Gasteiger partial charge is 0.465 e. The van der Waals surface area contributed by atoms with E-state index in [4.69, 9.17) is 0 Å². The van der Waals surface area contributed by atoms with Gasteiger partial charge in [-0.3, -0.25) is 9.59 Å². The minimum absolute atomic E-state index is 0.286. The van der Waals surface area contributed by atoms with Crippen LogP contribution in [0.2, 0.25) is 0 Å². The van der Waals surface area contributed by atoms with Gasteiger partial charge in [-0.05, 0) is 61.7 Å². The third-order valence-electron chi connectivity index (χ3n) is 4.59. The molecule has 28 heavy (non-hydrogen) atoms. The van der Waals surface area contributed by atoms with Gasteiger partial charge >= 0.3 is 17.8 Å². The summed E-state index contributed by atoms with van der Waals surface area (Å²) in [4.78, 5) is 38.2. The molecule has 0 aromatic heterocycles. The van der Waals surface area contributed by atoms with E-state index in [0.717, 1.165) is 18.8 Å². The van der Waals surface area contributed by atoms with Gasteiger partial charge in [-0.2, -0.15) is 0 Å². The maximum absolute atomic E-state index is 12.2. The minimum atomic E-state index is -0.817. The van der Waals surface area contributed by atoms with Gasteiger partial charge in [0, 0.05) is 30.2 Å². The summed E-state index contributed by atoms with van der Waals surface area (Å²) in [7, 11) is 1.28. The molecular formula is C21H23N3O4. The number of nitrogens with zero attached hydrogens (tertiary/aromatic N) is 1. The van der Waals surface area contributed by atoms with E-state index in [0.29, 0.717) is 11.4 Å². The lowest BCUT2D eigenvalue weighted by molar-refractivity contribution is -0.132. The van der Waals surface area contributed by atoms with E-state index >= 15 is 0 Å². The topological polar surface area (TPSA) is 87.7 Å². The van der Waals surface area contributed by atoms with Crippen LogP contribution in [0, 0.1) is 0 Å². The molecule has 0 aliphatic carbocycles. The molecule has 1 fully saturated rings. The summed E-state index contributed by atoms with van der Waals surface area (Å²) in [5, 5.41) is 5.06. The summed E-state index contributed by atoms with van der Waals surface area (Å²) in [6.07, 6.45) is 3.65. The quantitative estimate of drug-likeness (QED) is 0.628. The molecule has 7 nitrogen and oxygen atoms in total. The van der Waals surface area contributed by atoms with Gasteiger partial charge in [0.2, 0.25) is 0 Å². The van der Waals surface area contributed by atoms with E-state index in [9.17, 15) is 14.4 Å². The van der Waals surface area contributed by atoms with E-state index in [2.05, 4.69) is 20.3 Å². The van der Waals surface area contributed by atoms with Gasteiger partial charge in [0.25, 0.3) is 0 Å². The Morgan fingerprint density at radius 2 is 1.50 bits per heavy atom. The van der Waals surface area contributed by atoms with Crippen molar-refractivity contribution < 1.29 is 19.1 Å². The number of amides is 2. The van der Waals surface area contributed by atoms with Gasteiger partial charge in [-0.25, -0.2) is 4.79 Å². The van der Waals surface area contributed by atoms with E-state index in [1.807, 2.05) is 12.1 Å². The first kappa shape index (κ1) is 19.4. The van der Waals surface area contributed by atoms with Crippen molar-refractivity contribution in [1.82, 2.24) is 0 Å². The van der Waals surface area contributed by atoms with Crippen LogP contribution in [0.15, 0.2) is 48.5 Å². The summed E-state index contributed by atoms with van der Waals surface area (Å²) in [5.41, 5.74) is 2.28. The molecule has 0 bridgehead atoms. The van der Waals surface area contributed by atoms with E-state index in [-0.39, 0.29) is 5.56 Å². The van der Waals surface area contributed by atoms with E-state index in [1.165, 1.54) is 32.4 Å². The van der Waals surface area contributed by atoms with E-state index in [1.54, 1.807) is 30.3 Å². The van der Waals surface area contributed by atoms with Crippen molar-refractivity contribution in [3.63, 3.8) is 0 Å². The maximum Gasteiger partial charge on any atom is 0.337 e. The zero-order valence-corrected chi connectivity index (χ0v) is 15.7. The molecule has 3 rings (SSSR count). The number of benzene rings is 2. The standard InChI is InChI=1S/C21H23N3O4/c1-28-21(27)15-6-5-7-17(14-15)23-20(26)19(25)22-16-8-10-18(11-9-16)24-12-3-2-4-13-24/h5-11,14H,2-4,12-13H2,1H3,(H,22,25)(H,23,26). The van der Waals surface area contributed by atoms with Gasteiger partial charge in [0.15, 0.2) is 0 Å². The summed E-state index contributed by atoms with van der Waals surface area (Å²) in [6, 6.07) is 13.7. The summed E-state index contributed by atoms with van der Waals surface area (Å²) < 4.78 is 4.64. The zero-order valence-electron chi connectivity index (χ0n) is 15.7. The van der Waals surface area contributed by atoms with Crippen LogP contribution in [0.1, 0.15) is 29.6 Å². The second-order valence-corrected chi connectivity index (χ2v) is 6.58. The number of hydrogen-bond acceptors (Lipinski definition) is 5. The molecule has 1 aliphatic rings. The smallest absolute Gasteiger partial charge is 0.337 e. The highest BCUT2D eigenvalue weighted by atomic mass is 16.5. The number of carbonyl (C=O) groups excluding carboxylic acids is 3. The number of esters is 1. The number of rotatable bonds is 4. The fraction of sp³-hybridized carbons (Fsp3) is 0.286. The average molecular weight is 381 g/mol. The molecule has 1 heterocycles. The van der Waals surface area contributed by atoms with Crippen LogP contribution in [0.3, 0.4) is 0 Å². The van der Waals surface area contributed by atoms with Gasteiger partial charge in [0.1, 0.15) is 0 Å². The highest BCUT2D eigenvalue weighted by Crippen LogP contribution is 2.21. The van der Waals surface area contributed by atoms with Gasteiger partial charge < -0.3 is 20.3 Å². The first-order valence-corrected chi connectivity index (χ1v) is 9.22. The first-order chi connectivity index (χ1) is 13.6. The highest BCUT2D eigenvalue weighted by Gasteiger charge is 2.16. The van der Waals surface area contributed by atoms with Gasteiger partial charge in [-0.15, -0.1) is 0 Å². The van der Waals surface area contributed by atoms with Crippen LogP contribution >= 0.6 is 0 Å². The fourth-order valence-electron chi connectivity index (χ4n) is 3.13. The third-order valence-corrected chi connectivity index (χ3v) is 4.59. The summed E-state index contributed by atoms with van der Waals surface area (Å²) >= 11 is 0. The van der Waals surface area contributed by atoms with Crippen molar-refractivity contribution in [2.75, 3.05) is 35.7 Å².